The monoisotopic (exact) mass is 514 g/mol. The molecule has 10 heteroatoms. The summed E-state index contributed by atoms with van der Waals surface area (Å²) in [6.45, 7) is 0.215. The van der Waals surface area contributed by atoms with Gasteiger partial charge >= 0.3 is 0 Å². The highest BCUT2D eigenvalue weighted by Gasteiger charge is 2.53. The maximum atomic E-state index is 13.7. The SMILES string of the molecule is O=C(NC(C(=O)N1CC(Cl)C2OCC(=O)C21)C1CCCC1)c1ncc(-c2ccc(C3CC3)nc2)s1. The van der Waals surface area contributed by atoms with Gasteiger partial charge in [-0.25, -0.2) is 4.98 Å². The van der Waals surface area contributed by atoms with Crippen molar-refractivity contribution in [2.24, 2.45) is 5.92 Å². The van der Waals surface area contributed by atoms with Crippen LogP contribution in [0.5, 0.6) is 0 Å². The number of carbonyl (C=O) groups excluding carboxylic acids is 3. The van der Waals surface area contributed by atoms with Gasteiger partial charge in [-0.2, -0.15) is 0 Å². The summed E-state index contributed by atoms with van der Waals surface area (Å²) in [5.41, 5.74) is 2.04. The van der Waals surface area contributed by atoms with Gasteiger partial charge in [-0.1, -0.05) is 18.9 Å². The van der Waals surface area contributed by atoms with Gasteiger partial charge < -0.3 is 15.0 Å². The molecule has 2 aromatic heterocycles. The second-order valence-corrected chi connectivity index (χ2v) is 11.6. The highest BCUT2D eigenvalue weighted by atomic mass is 35.5. The highest BCUT2D eigenvalue weighted by molar-refractivity contribution is 7.17. The first-order valence-electron chi connectivity index (χ1n) is 12.3. The molecule has 0 radical (unpaired) electrons. The molecule has 8 nitrogen and oxygen atoms in total. The van der Waals surface area contributed by atoms with Gasteiger partial charge in [-0.15, -0.1) is 22.9 Å². The summed E-state index contributed by atoms with van der Waals surface area (Å²) in [5.74, 6) is -0.146. The number of ether oxygens (including phenoxy) is 1. The normalized spacial score (nSPS) is 27.3. The van der Waals surface area contributed by atoms with E-state index in [0.717, 1.165) is 41.8 Å². The summed E-state index contributed by atoms with van der Waals surface area (Å²) in [6, 6.07) is 2.69. The van der Waals surface area contributed by atoms with Crippen molar-refractivity contribution in [2.75, 3.05) is 13.2 Å². The molecule has 4 atom stereocenters. The molecular formula is C25H27ClN4O4S. The van der Waals surface area contributed by atoms with Crippen molar-refractivity contribution in [1.29, 1.82) is 0 Å². The van der Waals surface area contributed by atoms with Crippen LogP contribution in [0.2, 0.25) is 0 Å². The summed E-state index contributed by atoms with van der Waals surface area (Å²) in [5, 5.41) is 2.83. The van der Waals surface area contributed by atoms with Crippen molar-refractivity contribution >= 4 is 40.5 Å². The molecule has 1 N–H and O–H groups in total. The van der Waals surface area contributed by atoms with Gasteiger partial charge in [0.05, 0.1) is 10.3 Å². The minimum Gasteiger partial charge on any atom is -0.366 e. The van der Waals surface area contributed by atoms with Crippen molar-refractivity contribution in [2.45, 2.75) is 68.0 Å². The largest absolute Gasteiger partial charge is 0.366 e. The van der Waals surface area contributed by atoms with E-state index < -0.39 is 23.6 Å². The van der Waals surface area contributed by atoms with Crippen LogP contribution in [-0.4, -0.2) is 69.2 Å². The molecule has 0 bridgehead atoms. The summed E-state index contributed by atoms with van der Waals surface area (Å²) in [7, 11) is 0. The van der Waals surface area contributed by atoms with Crippen LogP contribution in [0.15, 0.2) is 24.5 Å². The van der Waals surface area contributed by atoms with E-state index in [-0.39, 0.29) is 36.7 Å². The number of nitrogens with zero attached hydrogens (tertiary/aromatic N) is 3. The number of halogens is 1. The second-order valence-electron chi connectivity index (χ2n) is 9.96. The molecule has 6 rings (SSSR count). The van der Waals surface area contributed by atoms with Crippen LogP contribution in [0, 0.1) is 5.92 Å². The number of aromatic nitrogens is 2. The van der Waals surface area contributed by atoms with E-state index in [1.54, 1.807) is 6.20 Å². The molecule has 2 saturated carbocycles. The number of hydrogen-bond donors (Lipinski definition) is 1. The van der Waals surface area contributed by atoms with Crippen molar-refractivity contribution in [3.05, 3.63) is 35.2 Å². The third-order valence-electron chi connectivity index (χ3n) is 7.60. The third kappa shape index (κ3) is 4.38. The van der Waals surface area contributed by atoms with Crippen LogP contribution in [0.4, 0.5) is 0 Å². The van der Waals surface area contributed by atoms with Crippen LogP contribution >= 0.6 is 22.9 Å². The molecule has 2 saturated heterocycles. The molecule has 4 unspecified atom stereocenters. The first-order chi connectivity index (χ1) is 17.0. The number of rotatable bonds is 6. The fourth-order valence-corrected chi connectivity index (χ4v) is 6.73. The van der Waals surface area contributed by atoms with Crippen LogP contribution in [0.3, 0.4) is 0 Å². The fourth-order valence-electron chi connectivity index (χ4n) is 5.56. The number of pyridine rings is 1. The van der Waals surface area contributed by atoms with Gasteiger partial charge in [0.25, 0.3) is 5.91 Å². The molecule has 4 fully saturated rings. The smallest absolute Gasteiger partial charge is 0.280 e. The van der Waals surface area contributed by atoms with Gasteiger partial charge in [0.2, 0.25) is 5.91 Å². The zero-order valence-electron chi connectivity index (χ0n) is 19.2. The number of likely N-dealkylation sites (tertiary alicyclic amines) is 1. The average molecular weight is 515 g/mol. The number of amides is 2. The Hall–Kier alpha value is -2.36. The summed E-state index contributed by atoms with van der Waals surface area (Å²) >= 11 is 7.69. The Morgan fingerprint density at radius 1 is 1.14 bits per heavy atom. The van der Waals surface area contributed by atoms with E-state index in [4.69, 9.17) is 16.3 Å². The molecule has 35 heavy (non-hydrogen) atoms. The Kier molecular flexibility index (Phi) is 6.10. The number of ketones is 1. The van der Waals surface area contributed by atoms with Gasteiger partial charge in [-0.3, -0.25) is 19.4 Å². The molecule has 2 aromatic rings. The summed E-state index contributed by atoms with van der Waals surface area (Å²) in [4.78, 5) is 50.6. The Bertz CT molecular complexity index is 1140. The lowest BCUT2D eigenvalue weighted by Crippen LogP contribution is -2.54. The summed E-state index contributed by atoms with van der Waals surface area (Å²) in [6.07, 6.45) is 9.18. The Morgan fingerprint density at radius 3 is 2.66 bits per heavy atom. The van der Waals surface area contributed by atoms with E-state index in [2.05, 4.69) is 15.3 Å². The molecule has 2 aliphatic heterocycles. The van der Waals surface area contributed by atoms with Crippen molar-refractivity contribution < 1.29 is 19.1 Å². The first-order valence-corrected chi connectivity index (χ1v) is 13.6. The molecule has 0 aromatic carbocycles. The Morgan fingerprint density at radius 2 is 1.94 bits per heavy atom. The second kappa shape index (κ2) is 9.26. The molecule has 4 heterocycles. The van der Waals surface area contributed by atoms with Gasteiger partial charge in [-0.05, 0) is 37.7 Å². The van der Waals surface area contributed by atoms with E-state index in [1.165, 1.54) is 29.1 Å². The van der Waals surface area contributed by atoms with E-state index >= 15 is 0 Å². The minimum absolute atomic E-state index is 0.0234. The third-order valence-corrected chi connectivity index (χ3v) is 9.03. The van der Waals surface area contributed by atoms with Gasteiger partial charge in [0.15, 0.2) is 10.8 Å². The molecule has 4 aliphatic rings. The van der Waals surface area contributed by atoms with Gasteiger partial charge in [0, 0.05) is 36.1 Å². The number of nitrogens with one attached hydrogen (secondary N) is 1. The van der Waals surface area contributed by atoms with Gasteiger partial charge in [0.1, 0.15) is 24.8 Å². The zero-order chi connectivity index (χ0) is 24.1. The molecule has 0 spiro atoms. The molecule has 2 amide bonds. The number of hydrogen-bond acceptors (Lipinski definition) is 7. The first kappa shape index (κ1) is 23.1. The molecular weight excluding hydrogens is 488 g/mol. The van der Waals surface area contributed by atoms with E-state index in [1.807, 2.05) is 18.3 Å². The Labute approximate surface area is 212 Å². The lowest BCUT2D eigenvalue weighted by atomic mass is 9.96. The van der Waals surface area contributed by atoms with E-state index in [0.29, 0.717) is 10.9 Å². The number of Topliss-reactive ketones (excluding diaryl/α,β-unsaturated/α-hetero) is 1. The van der Waals surface area contributed by atoms with Crippen LogP contribution in [-0.2, 0) is 14.3 Å². The summed E-state index contributed by atoms with van der Waals surface area (Å²) < 4.78 is 5.53. The van der Waals surface area contributed by atoms with Crippen molar-refractivity contribution in [1.82, 2.24) is 20.2 Å². The van der Waals surface area contributed by atoms with Crippen LogP contribution < -0.4 is 5.32 Å². The maximum absolute atomic E-state index is 13.7. The predicted octanol–water partition coefficient (Wildman–Crippen LogP) is 3.16. The van der Waals surface area contributed by atoms with E-state index in [9.17, 15) is 14.4 Å². The number of carbonyl (C=O) groups is 3. The topological polar surface area (TPSA) is 101 Å². The standard InChI is InChI=1S/C25H27ClN4O4S/c26-16-11-30(21-18(31)12-34-22(16)21)25(33)20(14-3-1-2-4-14)29-23(32)24-28-10-19(35-24)15-7-8-17(27-9-15)13-5-6-13/h7-10,13-14,16,20-22H,1-6,11-12H2,(H,29,32). The number of thiazole rings is 1. The predicted molar refractivity (Wildman–Crippen MR) is 130 cm³/mol. The minimum atomic E-state index is -0.715. The van der Waals surface area contributed by atoms with Crippen LogP contribution in [0.25, 0.3) is 10.4 Å². The number of fused-ring (bicyclic) bond motifs is 1. The van der Waals surface area contributed by atoms with Crippen molar-refractivity contribution in [3.8, 4) is 10.4 Å². The number of alkyl halides is 1. The van der Waals surface area contributed by atoms with Crippen LogP contribution in [0.1, 0.15) is 59.9 Å². The molecule has 184 valence electrons. The fraction of sp³-hybridized carbons (Fsp3) is 0.560. The molecule has 2 aliphatic carbocycles. The average Bonchev–Trinajstić information content (AvgIpc) is 3.25. The quantitative estimate of drug-likeness (QED) is 0.594. The Balaban J connectivity index is 1.19. The lowest BCUT2D eigenvalue weighted by molar-refractivity contribution is -0.139. The zero-order valence-corrected chi connectivity index (χ0v) is 20.8. The lowest BCUT2D eigenvalue weighted by Gasteiger charge is -2.30. The highest BCUT2D eigenvalue weighted by Crippen LogP contribution is 2.39. The van der Waals surface area contributed by atoms with Crippen molar-refractivity contribution in [3.63, 3.8) is 0 Å². The maximum Gasteiger partial charge on any atom is 0.280 e.